The van der Waals surface area contributed by atoms with Crippen molar-refractivity contribution >= 4 is 17.4 Å². The second-order valence-electron chi connectivity index (χ2n) is 7.81. The van der Waals surface area contributed by atoms with Crippen LogP contribution in [0, 0.1) is 0 Å². The monoisotopic (exact) mass is 393 g/mol. The zero-order valence-electron chi connectivity index (χ0n) is 17.5. The van der Waals surface area contributed by atoms with Crippen molar-refractivity contribution in [1.29, 1.82) is 0 Å². The lowest BCUT2D eigenvalue weighted by molar-refractivity contribution is -0.175. The van der Waals surface area contributed by atoms with Crippen LogP contribution < -0.4 is 4.90 Å². The number of rotatable bonds is 9. The highest BCUT2D eigenvalue weighted by Gasteiger charge is 2.49. The number of unbranched alkanes of at least 4 members (excludes halogenated alkanes) is 2. The molecule has 2 aromatic carbocycles. The lowest BCUT2D eigenvalue weighted by Gasteiger charge is -2.42. The summed E-state index contributed by atoms with van der Waals surface area (Å²) in [6.07, 6.45) is 4.79. The van der Waals surface area contributed by atoms with Gasteiger partial charge in [-0.2, -0.15) is 0 Å². The largest absolute Gasteiger partial charge is 0.452 e. The topological polar surface area (TPSA) is 46.6 Å². The lowest BCUT2D eigenvalue weighted by atomic mass is 9.80. The zero-order valence-corrected chi connectivity index (χ0v) is 17.5. The van der Waals surface area contributed by atoms with Crippen molar-refractivity contribution in [3.05, 3.63) is 66.2 Å². The minimum absolute atomic E-state index is 0.0566. The molecule has 0 saturated carbocycles. The number of para-hydroxylation sites is 1. The molecule has 1 fully saturated rings. The summed E-state index contributed by atoms with van der Waals surface area (Å²) in [5.74, 6) is -0.488. The van der Waals surface area contributed by atoms with E-state index in [9.17, 15) is 9.59 Å². The number of carbonyl (C=O) groups excluding carboxylic acids is 2. The van der Waals surface area contributed by atoms with Crippen LogP contribution in [0.3, 0.4) is 0 Å². The molecule has 1 saturated heterocycles. The summed E-state index contributed by atoms with van der Waals surface area (Å²) < 4.78 is 6.14. The van der Waals surface area contributed by atoms with Crippen molar-refractivity contribution in [2.24, 2.45) is 0 Å². The molecule has 2 aromatic rings. The Kier molecular flexibility index (Phi) is 7.08. The van der Waals surface area contributed by atoms with Crippen molar-refractivity contribution in [3.8, 4) is 0 Å². The first kappa shape index (κ1) is 21.1. The fourth-order valence-electron chi connectivity index (χ4n) is 4.21. The smallest absolute Gasteiger partial charge is 0.337 e. The van der Waals surface area contributed by atoms with E-state index >= 15 is 0 Å². The van der Waals surface area contributed by atoms with Crippen molar-refractivity contribution in [2.75, 3.05) is 11.4 Å². The highest BCUT2D eigenvalue weighted by Crippen LogP contribution is 2.40. The minimum atomic E-state index is -0.875. The van der Waals surface area contributed by atoms with Gasteiger partial charge in [0.15, 0.2) is 11.8 Å². The van der Waals surface area contributed by atoms with E-state index in [0.717, 1.165) is 36.9 Å². The van der Waals surface area contributed by atoms with E-state index in [1.54, 1.807) is 0 Å². The summed E-state index contributed by atoms with van der Waals surface area (Å²) in [6, 6.07) is 18.5. The van der Waals surface area contributed by atoms with Crippen LogP contribution in [0.15, 0.2) is 60.7 Å². The summed E-state index contributed by atoms with van der Waals surface area (Å²) in [4.78, 5) is 28.5. The van der Waals surface area contributed by atoms with E-state index in [1.807, 2.05) is 72.5 Å². The summed E-state index contributed by atoms with van der Waals surface area (Å²) in [7, 11) is 0. The quantitative estimate of drug-likeness (QED) is 0.331. The Labute approximate surface area is 173 Å². The van der Waals surface area contributed by atoms with Crippen LogP contribution in [0.4, 0.5) is 5.69 Å². The predicted molar refractivity (Wildman–Crippen MR) is 116 cm³/mol. The molecule has 29 heavy (non-hydrogen) atoms. The van der Waals surface area contributed by atoms with Gasteiger partial charge in [0.2, 0.25) is 0 Å². The molecule has 0 N–H and O–H groups in total. The van der Waals surface area contributed by atoms with Crippen molar-refractivity contribution in [1.82, 2.24) is 0 Å². The second kappa shape index (κ2) is 9.73. The van der Waals surface area contributed by atoms with Gasteiger partial charge in [0.25, 0.3) is 0 Å². The van der Waals surface area contributed by atoms with Crippen LogP contribution in [0.25, 0.3) is 0 Å². The maximum Gasteiger partial charge on any atom is 0.337 e. The number of hydrogen-bond donors (Lipinski definition) is 0. The van der Waals surface area contributed by atoms with Gasteiger partial charge in [-0.05, 0) is 37.0 Å². The Hall–Kier alpha value is -2.62. The molecule has 0 aromatic heterocycles. The number of benzene rings is 2. The molecule has 0 spiro atoms. The van der Waals surface area contributed by atoms with Crippen LogP contribution >= 0.6 is 0 Å². The Morgan fingerprint density at radius 2 is 1.59 bits per heavy atom. The van der Waals surface area contributed by atoms with Crippen LogP contribution in [-0.2, 0) is 19.9 Å². The van der Waals surface area contributed by atoms with Gasteiger partial charge in [-0.3, -0.25) is 4.79 Å². The van der Waals surface area contributed by atoms with Gasteiger partial charge in [0.1, 0.15) is 5.60 Å². The number of cyclic esters (lactones) is 1. The molecule has 154 valence electrons. The number of Topliss-reactive ketones (excluding diaryl/α,β-unsaturated/α-hetero) is 1. The first-order valence-electron chi connectivity index (χ1n) is 10.7. The first-order valence-corrected chi connectivity index (χ1v) is 10.7. The highest BCUT2D eigenvalue weighted by molar-refractivity contribution is 6.08. The number of anilines is 1. The number of hydrogen-bond acceptors (Lipinski definition) is 4. The maximum absolute atomic E-state index is 13.4. The third kappa shape index (κ3) is 4.69. The van der Waals surface area contributed by atoms with E-state index < -0.39 is 17.6 Å². The molecule has 2 unspecified atom stereocenters. The zero-order chi connectivity index (χ0) is 20.7. The molecule has 0 amide bonds. The third-order valence-electron chi connectivity index (χ3n) is 5.63. The van der Waals surface area contributed by atoms with Crippen molar-refractivity contribution in [2.45, 2.75) is 64.0 Å². The first-order chi connectivity index (χ1) is 14.1. The van der Waals surface area contributed by atoms with Gasteiger partial charge in [0.05, 0.1) is 6.42 Å². The average Bonchev–Trinajstić information content (AvgIpc) is 2.74. The van der Waals surface area contributed by atoms with Crippen molar-refractivity contribution < 1.29 is 14.3 Å². The van der Waals surface area contributed by atoms with Gasteiger partial charge in [-0.15, -0.1) is 0 Å². The summed E-state index contributed by atoms with van der Waals surface area (Å²) in [5.41, 5.74) is 0.941. The second-order valence-corrected chi connectivity index (χ2v) is 7.81. The maximum atomic E-state index is 13.4. The molecule has 4 heteroatoms. The minimum Gasteiger partial charge on any atom is -0.452 e. The third-order valence-corrected chi connectivity index (χ3v) is 5.63. The molecule has 1 aliphatic rings. The molecule has 1 heterocycles. The number of ether oxygens (including phenoxy) is 1. The normalized spacial score (nSPS) is 21.7. The number of esters is 1. The molecule has 2 atom stereocenters. The fraction of sp³-hybridized carbons (Fsp3) is 0.440. The standard InChI is InChI=1S/C25H31NO3/c1-3-5-12-17-25(20-13-8-6-9-14-20)19-22(27)23(24(28)29-25)26(18-4-2)21-15-10-7-11-16-21/h6-11,13-16,23H,3-5,12,17-19H2,1-2H3. The highest BCUT2D eigenvalue weighted by atomic mass is 16.6. The number of carbonyl (C=O) groups is 2. The molecule has 1 aliphatic heterocycles. The van der Waals surface area contributed by atoms with Gasteiger partial charge in [-0.1, -0.05) is 75.2 Å². The molecule has 0 aliphatic carbocycles. The van der Waals surface area contributed by atoms with Crippen molar-refractivity contribution in [3.63, 3.8) is 0 Å². The average molecular weight is 394 g/mol. The Morgan fingerprint density at radius 3 is 2.17 bits per heavy atom. The van der Waals surface area contributed by atoms with E-state index in [1.165, 1.54) is 0 Å². The number of ketones is 1. The van der Waals surface area contributed by atoms with Crippen LogP contribution in [0.1, 0.15) is 57.9 Å². The molecule has 0 radical (unpaired) electrons. The van der Waals surface area contributed by atoms with E-state index in [-0.39, 0.29) is 12.2 Å². The van der Waals surface area contributed by atoms with Crippen LogP contribution in [-0.4, -0.2) is 24.3 Å². The summed E-state index contributed by atoms with van der Waals surface area (Å²) in [5, 5.41) is 0. The summed E-state index contributed by atoms with van der Waals surface area (Å²) >= 11 is 0. The van der Waals surface area contributed by atoms with Gasteiger partial charge >= 0.3 is 5.97 Å². The van der Waals surface area contributed by atoms with E-state index in [2.05, 4.69) is 6.92 Å². The molecular formula is C25H31NO3. The molecule has 4 nitrogen and oxygen atoms in total. The van der Waals surface area contributed by atoms with Gasteiger partial charge in [0, 0.05) is 12.2 Å². The van der Waals surface area contributed by atoms with Gasteiger partial charge < -0.3 is 9.64 Å². The molecular weight excluding hydrogens is 362 g/mol. The molecule has 3 rings (SSSR count). The van der Waals surface area contributed by atoms with Crippen LogP contribution in [0.2, 0.25) is 0 Å². The Bertz CT molecular complexity index is 785. The Balaban J connectivity index is 1.91. The Morgan fingerprint density at radius 1 is 0.931 bits per heavy atom. The SMILES string of the molecule is CCCCCC1(c2ccccc2)CC(=O)C(N(CCC)c2ccccc2)C(=O)O1. The van der Waals surface area contributed by atoms with E-state index in [4.69, 9.17) is 4.74 Å². The fourth-order valence-corrected chi connectivity index (χ4v) is 4.21. The summed E-state index contributed by atoms with van der Waals surface area (Å²) in [6.45, 7) is 4.82. The number of nitrogens with zero attached hydrogens (tertiary/aromatic N) is 1. The molecule has 0 bridgehead atoms. The van der Waals surface area contributed by atoms with E-state index in [0.29, 0.717) is 13.0 Å². The van der Waals surface area contributed by atoms with Crippen LogP contribution in [0.5, 0.6) is 0 Å². The lowest BCUT2D eigenvalue weighted by Crippen LogP contribution is -2.56. The van der Waals surface area contributed by atoms with Gasteiger partial charge in [-0.25, -0.2) is 4.79 Å². The predicted octanol–water partition coefficient (Wildman–Crippen LogP) is 5.26.